The highest BCUT2D eigenvalue weighted by Crippen LogP contribution is 2.37. The summed E-state index contributed by atoms with van der Waals surface area (Å²) >= 11 is 2.94. The lowest BCUT2D eigenvalue weighted by atomic mass is 10.1. The van der Waals surface area contributed by atoms with E-state index in [-0.39, 0.29) is 29.3 Å². The van der Waals surface area contributed by atoms with Crippen molar-refractivity contribution in [3.63, 3.8) is 0 Å². The number of rotatable bonds is 4. The lowest BCUT2D eigenvalue weighted by molar-refractivity contribution is -0.137. The van der Waals surface area contributed by atoms with Crippen molar-refractivity contribution in [1.82, 2.24) is 0 Å². The van der Waals surface area contributed by atoms with E-state index in [1.54, 1.807) is 0 Å². The van der Waals surface area contributed by atoms with E-state index in [0.29, 0.717) is 0 Å². The Hall–Kier alpha value is -1.30. The molecule has 16 heavy (non-hydrogen) atoms. The molecule has 0 saturated heterocycles. The minimum Gasteiger partial charge on any atom is -0.504 e. The van der Waals surface area contributed by atoms with Crippen LogP contribution in [0.15, 0.2) is 10.5 Å². The molecule has 0 spiro atoms. The quantitative estimate of drug-likeness (QED) is 0.745. The van der Waals surface area contributed by atoms with E-state index in [4.69, 9.17) is 5.11 Å². The molecule has 0 radical (unpaired) electrons. The molecule has 4 nitrogen and oxygen atoms in total. The van der Waals surface area contributed by atoms with E-state index in [1.165, 1.54) is 0 Å². The van der Waals surface area contributed by atoms with Gasteiger partial charge in [0.2, 0.25) is 0 Å². The van der Waals surface area contributed by atoms with E-state index in [0.717, 1.165) is 6.07 Å². The van der Waals surface area contributed by atoms with Crippen molar-refractivity contribution in [2.45, 2.75) is 19.3 Å². The van der Waals surface area contributed by atoms with Crippen molar-refractivity contribution >= 4 is 21.9 Å². The predicted octanol–water partition coefficient (Wildman–Crippen LogP) is 2.41. The van der Waals surface area contributed by atoms with Crippen molar-refractivity contribution in [3.8, 4) is 11.5 Å². The maximum Gasteiger partial charge on any atom is 0.303 e. The molecule has 0 heterocycles. The average molecular weight is 293 g/mol. The van der Waals surface area contributed by atoms with Crippen LogP contribution < -0.4 is 0 Å². The van der Waals surface area contributed by atoms with Crippen molar-refractivity contribution in [2.24, 2.45) is 0 Å². The molecule has 0 aromatic heterocycles. The number of carboxylic acid groups (broad SMARTS) is 1. The number of halogens is 2. The molecule has 88 valence electrons. The largest absolute Gasteiger partial charge is 0.504 e. The van der Waals surface area contributed by atoms with Gasteiger partial charge in [-0.15, -0.1) is 0 Å². The van der Waals surface area contributed by atoms with Gasteiger partial charge in [0.25, 0.3) is 0 Å². The molecule has 0 aliphatic carbocycles. The summed E-state index contributed by atoms with van der Waals surface area (Å²) < 4.78 is 13.2. The zero-order valence-corrected chi connectivity index (χ0v) is 9.79. The molecule has 0 bridgehead atoms. The van der Waals surface area contributed by atoms with E-state index in [2.05, 4.69) is 15.9 Å². The molecule has 1 aromatic carbocycles. The smallest absolute Gasteiger partial charge is 0.303 e. The molecule has 1 rings (SSSR count). The minimum absolute atomic E-state index is 0.0492. The van der Waals surface area contributed by atoms with Crippen LogP contribution >= 0.6 is 15.9 Å². The Morgan fingerprint density at radius 3 is 2.62 bits per heavy atom. The normalized spacial score (nSPS) is 10.4. The van der Waals surface area contributed by atoms with Gasteiger partial charge in [-0.25, -0.2) is 4.39 Å². The highest BCUT2D eigenvalue weighted by molar-refractivity contribution is 9.10. The maximum atomic E-state index is 13.2. The van der Waals surface area contributed by atoms with Gasteiger partial charge < -0.3 is 15.3 Å². The Morgan fingerprint density at radius 1 is 1.44 bits per heavy atom. The minimum atomic E-state index is -0.962. The molecular formula is C10H10BrFO4. The van der Waals surface area contributed by atoms with Crippen LogP contribution in [0, 0.1) is 5.82 Å². The third-order valence-corrected chi connectivity index (χ3v) is 2.94. The first-order valence-electron chi connectivity index (χ1n) is 4.54. The zero-order chi connectivity index (χ0) is 12.3. The van der Waals surface area contributed by atoms with Gasteiger partial charge in [-0.2, -0.15) is 0 Å². The zero-order valence-electron chi connectivity index (χ0n) is 8.20. The van der Waals surface area contributed by atoms with Crippen LogP contribution in [-0.2, 0) is 11.2 Å². The van der Waals surface area contributed by atoms with Crippen LogP contribution in [0.3, 0.4) is 0 Å². The highest BCUT2D eigenvalue weighted by atomic mass is 79.9. The lowest BCUT2D eigenvalue weighted by Gasteiger charge is -2.09. The van der Waals surface area contributed by atoms with Crippen LogP contribution in [0.2, 0.25) is 0 Å². The fourth-order valence-electron chi connectivity index (χ4n) is 1.30. The second-order valence-electron chi connectivity index (χ2n) is 3.27. The summed E-state index contributed by atoms with van der Waals surface area (Å²) in [6.07, 6.45) is 0.345. The molecule has 0 aliphatic heterocycles. The number of aliphatic carboxylic acids is 1. The van der Waals surface area contributed by atoms with Crippen LogP contribution in [-0.4, -0.2) is 21.3 Å². The second kappa shape index (κ2) is 5.16. The number of phenols is 2. The molecule has 3 N–H and O–H groups in total. The van der Waals surface area contributed by atoms with Crippen molar-refractivity contribution in [3.05, 3.63) is 21.9 Å². The van der Waals surface area contributed by atoms with Crippen LogP contribution in [0.25, 0.3) is 0 Å². The van der Waals surface area contributed by atoms with Gasteiger partial charge in [0, 0.05) is 18.1 Å². The first-order valence-corrected chi connectivity index (χ1v) is 5.33. The van der Waals surface area contributed by atoms with Gasteiger partial charge in [-0.05, 0) is 28.8 Å². The van der Waals surface area contributed by atoms with Crippen LogP contribution in [0.5, 0.6) is 11.5 Å². The number of hydrogen-bond donors (Lipinski definition) is 3. The Balaban J connectivity index is 2.90. The predicted molar refractivity (Wildman–Crippen MR) is 58.0 cm³/mol. The Labute approximate surface area is 99.5 Å². The van der Waals surface area contributed by atoms with Crippen molar-refractivity contribution in [2.75, 3.05) is 0 Å². The fourth-order valence-corrected chi connectivity index (χ4v) is 1.80. The number of benzene rings is 1. The number of hydrogen-bond acceptors (Lipinski definition) is 3. The molecule has 0 atom stereocenters. The lowest BCUT2D eigenvalue weighted by Crippen LogP contribution is -1.97. The summed E-state index contributed by atoms with van der Waals surface area (Å²) in [6, 6.07) is 0.792. The molecule has 0 amide bonds. The van der Waals surface area contributed by atoms with Crippen LogP contribution in [0.1, 0.15) is 18.4 Å². The number of aromatic hydroxyl groups is 2. The van der Waals surface area contributed by atoms with Crippen molar-refractivity contribution in [1.29, 1.82) is 0 Å². The third-order valence-electron chi connectivity index (χ3n) is 2.08. The number of phenolic OH excluding ortho intramolecular Hbond substituents is 2. The Kier molecular flexibility index (Phi) is 4.12. The van der Waals surface area contributed by atoms with E-state index < -0.39 is 23.3 Å². The standard InChI is InChI=1S/C10H10BrFO4/c11-9-5(2-1-3-8(14)15)10(16)7(13)4-6(9)12/h4,13,16H,1-3H2,(H,14,15). The Bertz CT molecular complexity index is 394. The fraction of sp³-hybridized carbons (Fsp3) is 0.300. The molecule has 0 aliphatic rings. The molecule has 0 fully saturated rings. The first kappa shape index (κ1) is 12.8. The number of carboxylic acids is 1. The summed E-state index contributed by atoms with van der Waals surface area (Å²) in [4.78, 5) is 10.3. The van der Waals surface area contributed by atoms with Gasteiger partial charge in [-0.3, -0.25) is 4.79 Å². The van der Waals surface area contributed by atoms with Crippen molar-refractivity contribution < 1.29 is 24.5 Å². The van der Waals surface area contributed by atoms with Gasteiger partial charge in [-0.1, -0.05) is 0 Å². The first-order chi connectivity index (χ1) is 7.43. The second-order valence-corrected chi connectivity index (χ2v) is 4.06. The topological polar surface area (TPSA) is 77.8 Å². The molecule has 0 saturated carbocycles. The van der Waals surface area contributed by atoms with E-state index >= 15 is 0 Å². The summed E-state index contributed by atoms with van der Waals surface area (Å²) in [5, 5.41) is 27.1. The summed E-state index contributed by atoms with van der Waals surface area (Å²) in [6.45, 7) is 0. The van der Waals surface area contributed by atoms with Gasteiger partial charge in [0.1, 0.15) is 5.82 Å². The third kappa shape index (κ3) is 2.85. The molecule has 6 heteroatoms. The van der Waals surface area contributed by atoms with Gasteiger partial charge in [0.15, 0.2) is 11.5 Å². The molecule has 1 aromatic rings. The monoisotopic (exact) mass is 292 g/mol. The Morgan fingerprint density at radius 2 is 2.06 bits per heavy atom. The maximum absolute atomic E-state index is 13.2. The molecule has 0 unspecified atom stereocenters. The van der Waals surface area contributed by atoms with Gasteiger partial charge in [0.05, 0.1) is 4.47 Å². The van der Waals surface area contributed by atoms with Crippen LogP contribution in [0.4, 0.5) is 4.39 Å². The summed E-state index contributed by atoms with van der Waals surface area (Å²) in [5.74, 6) is -2.62. The summed E-state index contributed by atoms with van der Waals surface area (Å²) in [5.41, 5.74) is 0.179. The summed E-state index contributed by atoms with van der Waals surface area (Å²) in [7, 11) is 0. The highest BCUT2D eigenvalue weighted by Gasteiger charge is 2.15. The van der Waals surface area contributed by atoms with E-state index in [1.807, 2.05) is 0 Å². The SMILES string of the molecule is O=C(O)CCCc1c(O)c(O)cc(F)c1Br. The van der Waals surface area contributed by atoms with Gasteiger partial charge >= 0.3 is 5.97 Å². The number of carbonyl (C=O) groups is 1. The molecular weight excluding hydrogens is 283 g/mol. The average Bonchev–Trinajstić information content (AvgIpc) is 2.20. The van der Waals surface area contributed by atoms with E-state index in [9.17, 15) is 19.4 Å².